The summed E-state index contributed by atoms with van der Waals surface area (Å²) in [6, 6.07) is 15.0. The number of nitrogens with zero attached hydrogens (tertiary/aromatic N) is 1. The molecule has 3 aromatic rings. The highest BCUT2D eigenvalue weighted by molar-refractivity contribution is 6.05. The maximum atomic E-state index is 13.0. The number of carbonyl (C=O) groups excluding carboxylic acids is 2. The number of carbonyl (C=O) groups is 2. The number of phenols is 2. The summed E-state index contributed by atoms with van der Waals surface area (Å²) in [7, 11) is 3.01. The number of hydrogen-bond donors (Lipinski definition) is 4. The molecule has 0 aliphatic heterocycles. The van der Waals surface area contributed by atoms with Crippen molar-refractivity contribution in [3.05, 3.63) is 88.1 Å². The van der Waals surface area contributed by atoms with E-state index in [2.05, 4.69) is 15.8 Å². The van der Waals surface area contributed by atoms with Gasteiger partial charge in [-0.2, -0.15) is 5.10 Å². The second-order valence-corrected chi connectivity index (χ2v) is 7.79. The van der Waals surface area contributed by atoms with Gasteiger partial charge in [0, 0.05) is 16.7 Å². The van der Waals surface area contributed by atoms with Crippen LogP contribution in [0, 0.1) is 13.8 Å². The van der Waals surface area contributed by atoms with E-state index in [-0.39, 0.29) is 22.8 Å². The summed E-state index contributed by atoms with van der Waals surface area (Å²) in [5.74, 6) is -0.411. The average molecular weight is 490 g/mol. The topological polar surface area (TPSA) is 129 Å². The molecule has 2 amide bonds. The predicted octanol–water partition coefficient (Wildman–Crippen LogP) is 3.65. The molecule has 3 aromatic carbocycles. The summed E-state index contributed by atoms with van der Waals surface area (Å²) < 4.78 is 10.6. The van der Waals surface area contributed by atoms with Gasteiger partial charge in [0.25, 0.3) is 11.8 Å². The van der Waals surface area contributed by atoms with Crippen molar-refractivity contribution in [2.24, 2.45) is 5.10 Å². The first kappa shape index (κ1) is 25.8. The van der Waals surface area contributed by atoms with Gasteiger partial charge in [-0.25, -0.2) is 5.43 Å². The lowest BCUT2D eigenvalue weighted by atomic mass is 10.0. The molecule has 4 N–H and O–H groups in total. The number of amides is 2. The smallest absolute Gasteiger partial charge is 0.287 e. The monoisotopic (exact) mass is 489 g/mol. The Kier molecular flexibility index (Phi) is 8.30. The number of ether oxygens (including phenoxy) is 2. The summed E-state index contributed by atoms with van der Waals surface area (Å²) in [6.45, 7) is 3.24. The van der Waals surface area contributed by atoms with Crippen molar-refractivity contribution >= 4 is 24.1 Å². The number of hydrogen-bond acceptors (Lipinski definition) is 7. The minimum Gasteiger partial charge on any atom is -0.508 e. The third-order valence-electron chi connectivity index (χ3n) is 5.38. The van der Waals surface area contributed by atoms with Crippen molar-refractivity contribution in [2.45, 2.75) is 13.8 Å². The molecule has 36 heavy (non-hydrogen) atoms. The number of methoxy groups -OCH3 is 2. The maximum Gasteiger partial charge on any atom is 0.287 e. The van der Waals surface area contributed by atoms with Crippen LogP contribution < -0.4 is 20.2 Å². The summed E-state index contributed by atoms with van der Waals surface area (Å²) in [5, 5.41) is 26.7. The van der Waals surface area contributed by atoms with Gasteiger partial charge in [-0.05, 0) is 61.4 Å². The van der Waals surface area contributed by atoms with Crippen LogP contribution in [0.15, 0.2) is 65.4 Å². The standard InChI is InChI=1S/C27H27N3O6/c1-16-12-22(31)17(2)25(32)20(16)15-28-30-27(34)21(29-26(33)19-8-6-5-7-9-19)13-18-10-11-23(35-3)24(14-18)36-4/h5-15,31-32H,1-4H3,(H,29,33)(H,30,34)/b21-13-,28-15+. The zero-order valence-electron chi connectivity index (χ0n) is 20.3. The van der Waals surface area contributed by atoms with Crippen molar-refractivity contribution in [3.63, 3.8) is 0 Å². The molecule has 0 atom stereocenters. The summed E-state index contributed by atoms with van der Waals surface area (Å²) in [4.78, 5) is 25.8. The Hall–Kier alpha value is -4.79. The Morgan fingerprint density at radius 1 is 0.944 bits per heavy atom. The predicted molar refractivity (Wildman–Crippen MR) is 136 cm³/mol. The fourth-order valence-electron chi connectivity index (χ4n) is 3.33. The van der Waals surface area contributed by atoms with Crippen LogP contribution in [0.1, 0.15) is 32.6 Å². The highest BCUT2D eigenvalue weighted by Gasteiger charge is 2.16. The van der Waals surface area contributed by atoms with Crippen molar-refractivity contribution in [3.8, 4) is 23.0 Å². The minimum absolute atomic E-state index is 0.0463. The normalized spacial score (nSPS) is 11.3. The largest absolute Gasteiger partial charge is 0.508 e. The van der Waals surface area contributed by atoms with Crippen LogP contribution in [0.2, 0.25) is 0 Å². The van der Waals surface area contributed by atoms with Crippen LogP contribution in [-0.2, 0) is 4.79 Å². The summed E-state index contributed by atoms with van der Waals surface area (Å²) in [6.07, 6.45) is 2.74. The molecule has 186 valence electrons. The van der Waals surface area contributed by atoms with E-state index in [1.807, 2.05) is 0 Å². The minimum atomic E-state index is -0.696. The number of aromatic hydroxyl groups is 2. The van der Waals surface area contributed by atoms with Gasteiger partial charge in [0.2, 0.25) is 0 Å². The molecular weight excluding hydrogens is 462 g/mol. The van der Waals surface area contributed by atoms with Gasteiger partial charge in [-0.3, -0.25) is 9.59 Å². The lowest BCUT2D eigenvalue weighted by molar-refractivity contribution is -0.117. The third kappa shape index (κ3) is 6.01. The van der Waals surface area contributed by atoms with E-state index in [9.17, 15) is 19.8 Å². The van der Waals surface area contributed by atoms with Gasteiger partial charge < -0.3 is 25.0 Å². The number of rotatable bonds is 8. The van der Waals surface area contributed by atoms with E-state index in [4.69, 9.17) is 9.47 Å². The molecule has 0 bridgehead atoms. The average Bonchev–Trinajstić information content (AvgIpc) is 2.89. The van der Waals surface area contributed by atoms with Crippen molar-refractivity contribution in [1.29, 1.82) is 0 Å². The maximum absolute atomic E-state index is 13.0. The molecule has 9 heteroatoms. The van der Waals surface area contributed by atoms with Crippen molar-refractivity contribution in [1.82, 2.24) is 10.7 Å². The first-order chi connectivity index (χ1) is 17.2. The zero-order chi connectivity index (χ0) is 26.2. The number of phenolic OH excluding ortho intramolecular Hbond substituents is 2. The number of hydrazone groups is 1. The molecule has 0 unspecified atom stereocenters. The number of benzene rings is 3. The molecule has 0 aliphatic rings. The molecule has 0 spiro atoms. The van der Waals surface area contributed by atoms with E-state index in [0.29, 0.717) is 33.8 Å². The first-order valence-electron chi connectivity index (χ1n) is 10.9. The molecule has 9 nitrogen and oxygen atoms in total. The van der Waals surface area contributed by atoms with Gasteiger partial charge in [-0.1, -0.05) is 24.3 Å². The molecule has 0 fully saturated rings. The van der Waals surface area contributed by atoms with E-state index < -0.39 is 11.8 Å². The Labute approximate surface area is 208 Å². The Bertz CT molecular complexity index is 1330. The van der Waals surface area contributed by atoms with Gasteiger partial charge in [-0.15, -0.1) is 0 Å². The van der Waals surface area contributed by atoms with E-state index in [1.54, 1.807) is 62.4 Å². The van der Waals surface area contributed by atoms with Crippen LogP contribution in [0.4, 0.5) is 0 Å². The molecule has 3 rings (SSSR count). The molecule has 0 aromatic heterocycles. The second-order valence-electron chi connectivity index (χ2n) is 7.79. The summed E-state index contributed by atoms with van der Waals surface area (Å²) >= 11 is 0. The molecular formula is C27H27N3O6. The highest BCUT2D eigenvalue weighted by Crippen LogP contribution is 2.31. The van der Waals surface area contributed by atoms with Gasteiger partial charge >= 0.3 is 0 Å². The van der Waals surface area contributed by atoms with Crippen LogP contribution in [-0.4, -0.2) is 42.5 Å². The molecule has 0 aliphatic carbocycles. The molecule has 0 radical (unpaired) electrons. The van der Waals surface area contributed by atoms with E-state index in [0.717, 1.165) is 0 Å². The fraction of sp³-hybridized carbons (Fsp3) is 0.148. The number of nitrogens with one attached hydrogen (secondary N) is 2. The quantitative estimate of drug-likeness (QED) is 0.217. The first-order valence-corrected chi connectivity index (χ1v) is 10.9. The number of aryl methyl sites for hydroxylation is 1. The third-order valence-corrected chi connectivity index (χ3v) is 5.38. The second kappa shape index (κ2) is 11.6. The molecule has 0 saturated carbocycles. The Morgan fingerprint density at radius 2 is 1.64 bits per heavy atom. The Balaban J connectivity index is 1.91. The van der Waals surface area contributed by atoms with Crippen molar-refractivity contribution < 1.29 is 29.3 Å². The van der Waals surface area contributed by atoms with Crippen LogP contribution in [0.3, 0.4) is 0 Å². The SMILES string of the molecule is COc1ccc(/C=C(\NC(=O)c2ccccc2)C(=O)N/N=C/c2c(C)cc(O)c(C)c2O)cc1OC. The zero-order valence-corrected chi connectivity index (χ0v) is 20.3. The molecule has 0 heterocycles. The van der Waals surface area contributed by atoms with E-state index in [1.165, 1.54) is 32.6 Å². The van der Waals surface area contributed by atoms with Gasteiger partial charge in [0.05, 0.1) is 20.4 Å². The lowest BCUT2D eigenvalue weighted by Gasteiger charge is -2.11. The molecule has 0 saturated heterocycles. The van der Waals surface area contributed by atoms with Crippen LogP contribution in [0.5, 0.6) is 23.0 Å². The Morgan fingerprint density at radius 3 is 2.31 bits per heavy atom. The highest BCUT2D eigenvalue weighted by atomic mass is 16.5. The summed E-state index contributed by atoms with van der Waals surface area (Å²) in [5.41, 5.74) is 4.42. The van der Waals surface area contributed by atoms with Crippen LogP contribution in [0.25, 0.3) is 6.08 Å². The fourth-order valence-corrected chi connectivity index (χ4v) is 3.33. The van der Waals surface area contributed by atoms with Crippen LogP contribution >= 0.6 is 0 Å². The van der Waals surface area contributed by atoms with Gasteiger partial charge in [0.15, 0.2) is 11.5 Å². The van der Waals surface area contributed by atoms with Gasteiger partial charge in [0.1, 0.15) is 17.2 Å². The van der Waals surface area contributed by atoms with E-state index >= 15 is 0 Å². The lowest BCUT2D eigenvalue weighted by Crippen LogP contribution is -2.32. The van der Waals surface area contributed by atoms with Crippen molar-refractivity contribution in [2.75, 3.05) is 14.2 Å².